The Hall–Kier alpha value is -1.47. The Labute approximate surface area is 204 Å². The van der Waals surface area contributed by atoms with Gasteiger partial charge in [0.05, 0.1) is 32.0 Å². The van der Waals surface area contributed by atoms with Gasteiger partial charge in [-0.3, -0.25) is 0 Å². The predicted octanol–water partition coefficient (Wildman–Crippen LogP) is 5.91. The maximum Gasteiger partial charge on any atom is 0.407 e. The minimum atomic E-state index is -3.75. The van der Waals surface area contributed by atoms with Gasteiger partial charge < -0.3 is 23.7 Å². The molecule has 0 radical (unpaired) electrons. The Morgan fingerprint density at radius 3 is 1.83 bits per heavy atom. The van der Waals surface area contributed by atoms with Crippen molar-refractivity contribution in [1.82, 2.24) is 0 Å². The third-order valence-corrected chi connectivity index (χ3v) is 6.75. The number of hydrogen-bond acceptors (Lipinski definition) is 5. The summed E-state index contributed by atoms with van der Waals surface area (Å²) in [7, 11) is 0. The minimum Gasteiger partial charge on any atom is -0.366 e. The van der Waals surface area contributed by atoms with E-state index in [9.17, 15) is 30.7 Å². The van der Waals surface area contributed by atoms with Crippen molar-refractivity contribution in [3.63, 3.8) is 0 Å². The second-order valence-corrected chi connectivity index (χ2v) is 9.76. The molecule has 0 amide bonds. The zero-order valence-electron chi connectivity index (χ0n) is 19.7. The molecule has 2 atom stereocenters. The molecular weight excluding hydrogens is 501 g/mol. The van der Waals surface area contributed by atoms with Gasteiger partial charge in [-0.2, -0.15) is 17.6 Å². The summed E-state index contributed by atoms with van der Waals surface area (Å²) in [6.07, 6.45) is -12.2. The van der Waals surface area contributed by atoms with E-state index in [4.69, 9.17) is 23.7 Å². The highest BCUT2D eigenvalue weighted by molar-refractivity contribution is 5.23. The molecule has 3 fully saturated rings. The molecule has 2 heterocycles. The Balaban J connectivity index is 1.23. The van der Waals surface area contributed by atoms with Crippen molar-refractivity contribution in [2.24, 2.45) is 5.92 Å². The van der Waals surface area contributed by atoms with Gasteiger partial charge in [0.25, 0.3) is 6.29 Å². The van der Waals surface area contributed by atoms with E-state index in [0.717, 1.165) is 12.1 Å². The monoisotopic (exact) mass is 530 g/mol. The third-order valence-electron chi connectivity index (χ3n) is 6.75. The molecule has 0 N–H and O–H groups in total. The molecule has 2 unspecified atom stereocenters. The molecule has 0 spiro atoms. The molecule has 2 saturated heterocycles. The fourth-order valence-corrected chi connectivity index (χ4v) is 4.78. The van der Waals surface area contributed by atoms with Crippen molar-refractivity contribution in [3.05, 3.63) is 35.1 Å². The van der Waals surface area contributed by atoms with Crippen LogP contribution in [-0.2, 0) is 23.7 Å². The number of ether oxygens (including phenoxy) is 5. The average molecular weight is 530 g/mol. The topological polar surface area (TPSA) is 46.2 Å². The van der Waals surface area contributed by atoms with Crippen LogP contribution in [0.15, 0.2) is 12.1 Å². The number of hydrogen-bond donors (Lipinski definition) is 0. The van der Waals surface area contributed by atoms with E-state index in [1.165, 1.54) is 0 Å². The highest BCUT2D eigenvalue weighted by Gasteiger charge is 2.50. The molecule has 5 nitrogen and oxygen atoms in total. The van der Waals surface area contributed by atoms with Gasteiger partial charge in [-0.1, -0.05) is 6.92 Å². The van der Waals surface area contributed by atoms with Gasteiger partial charge in [0.1, 0.15) is 6.10 Å². The van der Waals surface area contributed by atoms with Crippen LogP contribution in [0.5, 0.6) is 0 Å². The fraction of sp³-hybridized carbons (Fsp3) is 0.750. The van der Waals surface area contributed by atoms with Gasteiger partial charge in [-0.25, -0.2) is 13.2 Å². The van der Waals surface area contributed by atoms with Gasteiger partial charge >= 0.3 is 12.2 Å². The van der Waals surface area contributed by atoms with Crippen molar-refractivity contribution in [1.29, 1.82) is 0 Å². The smallest absolute Gasteiger partial charge is 0.366 e. The first-order valence-corrected chi connectivity index (χ1v) is 12.0. The molecule has 12 heteroatoms. The van der Waals surface area contributed by atoms with E-state index in [2.05, 4.69) is 0 Å². The van der Waals surface area contributed by atoms with Crippen LogP contribution in [0.2, 0.25) is 0 Å². The summed E-state index contributed by atoms with van der Waals surface area (Å²) >= 11 is 0. The first-order valence-electron chi connectivity index (χ1n) is 12.0. The lowest BCUT2D eigenvalue weighted by Gasteiger charge is -2.38. The molecule has 1 aromatic rings. The predicted molar refractivity (Wildman–Crippen MR) is 111 cm³/mol. The van der Waals surface area contributed by atoms with Crippen LogP contribution < -0.4 is 0 Å². The van der Waals surface area contributed by atoms with Gasteiger partial charge in [0.15, 0.2) is 17.5 Å². The highest BCUT2D eigenvalue weighted by atomic mass is 19.3. The fourth-order valence-electron chi connectivity index (χ4n) is 4.78. The van der Waals surface area contributed by atoms with E-state index in [-0.39, 0.29) is 56.3 Å². The van der Waals surface area contributed by atoms with Crippen LogP contribution in [0.1, 0.15) is 56.9 Å². The average Bonchev–Trinajstić information content (AvgIpc) is 2.83. The SMILES string of the molecule is CC1COC(C(F)(F)OC2CCC(C(F)(F)OC3CCC(c4cc(F)c(F)c(F)c4)CC3)OC2)OC1. The lowest BCUT2D eigenvalue weighted by atomic mass is 9.82. The summed E-state index contributed by atoms with van der Waals surface area (Å²) in [6, 6.07) is 1.84. The molecular formula is C24H29F7O5. The Kier molecular flexibility index (Phi) is 8.50. The summed E-state index contributed by atoms with van der Waals surface area (Å²) in [5, 5.41) is 0. The summed E-state index contributed by atoms with van der Waals surface area (Å²) in [5.41, 5.74) is 0.272. The Bertz CT molecular complexity index is 855. The highest BCUT2D eigenvalue weighted by Crippen LogP contribution is 2.40. The normalized spacial score (nSPS) is 32.4. The van der Waals surface area contributed by atoms with Gasteiger partial charge in [-0.15, -0.1) is 0 Å². The Morgan fingerprint density at radius 1 is 0.722 bits per heavy atom. The molecule has 1 aliphatic carbocycles. The van der Waals surface area contributed by atoms with E-state index >= 15 is 0 Å². The van der Waals surface area contributed by atoms with Crippen molar-refractivity contribution in [3.8, 4) is 0 Å². The molecule has 4 rings (SSSR count). The van der Waals surface area contributed by atoms with Crippen LogP contribution in [-0.4, -0.2) is 56.6 Å². The van der Waals surface area contributed by atoms with Crippen LogP contribution in [0, 0.1) is 23.4 Å². The van der Waals surface area contributed by atoms with Crippen LogP contribution in [0.25, 0.3) is 0 Å². The minimum absolute atomic E-state index is 0.0259. The Morgan fingerprint density at radius 2 is 1.28 bits per heavy atom. The second kappa shape index (κ2) is 11.1. The molecule has 0 aromatic heterocycles. The van der Waals surface area contributed by atoms with Gasteiger partial charge in [0, 0.05) is 5.92 Å². The molecule has 36 heavy (non-hydrogen) atoms. The number of benzene rings is 1. The summed E-state index contributed by atoms with van der Waals surface area (Å²) in [4.78, 5) is 0. The number of halogens is 7. The van der Waals surface area contributed by atoms with E-state index in [0.29, 0.717) is 12.8 Å². The second-order valence-electron chi connectivity index (χ2n) is 9.76. The first kappa shape index (κ1) is 27.6. The number of rotatable bonds is 7. The first-order chi connectivity index (χ1) is 16.9. The largest absolute Gasteiger partial charge is 0.407 e. The lowest BCUT2D eigenvalue weighted by Crippen LogP contribution is -2.50. The summed E-state index contributed by atoms with van der Waals surface area (Å²) < 4.78 is 123. The van der Waals surface area contributed by atoms with Crippen LogP contribution >= 0.6 is 0 Å². The van der Waals surface area contributed by atoms with Crippen molar-refractivity contribution < 1.29 is 54.4 Å². The molecule has 0 bridgehead atoms. The molecule has 3 aliphatic rings. The van der Waals surface area contributed by atoms with E-state index in [1.54, 1.807) is 6.92 Å². The summed E-state index contributed by atoms with van der Waals surface area (Å²) in [6.45, 7) is 1.49. The maximum atomic E-state index is 14.7. The zero-order chi connectivity index (χ0) is 26.1. The van der Waals surface area contributed by atoms with Crippen LogP contribution in [0.3, 0.4) is 0 Å². The van der Waals surface area contributed by atoms with Crippen molar-refractivity contribution in [2.45, 2.75) is 88.2 Å². The quantitative estimate of drug-likeness (QED) is 0.324. The standard InChI is InChI=1S/C24H29F7O5/c1-13-10-33-22(34-11-13)24(30,31)36-17-6-7-20(32-12-17)23(28,29)35-16-4-2-14(3-5-16)15-8-18(25)21(27)19(26)9-15/h8-9,13-14,16-17,20,22H,2-7,10-12H2,1H3. The van der Waals surface area contributed by atoms with Crippen molar-refractivity contribution >= 4 is 0 Å². The van der Waals surface area contributed by atoms with Gasteiger partial charge in [-0.05, 0) is 62.1 Å². The molecule has 1 saturated carbocycles. The van der Waals surface area contributed by atoms with E-state index in [1.807, 2.05) is 0 Å². The van der Waals surface area contributed by atoms with E-state index < -0.39 is 60.9 Å². The summed E-state index contributed by atoms with van der Waals surface area (Å²) in [5.74, 6) is -4.48. The third kappa shape index (κ3) is 6.50. The zero-order valence-corrected chi connectivity index (χ0v) is 19.7. The molecule has 204 valence electrons. The molecule has 2 aliphatic heterocycles. The van der Waals surface area contributed by atoms with Crippen LogP contribution in [0.4, 0.5) is 30.7 Å². The maximum absolute atomic E-state index is 14.7. The van der Waals surface area contributed by atoms with Gasteiger partial charge in [0.2, 0.25) is 0 Å². The molecule has 1 aromatic carbocycles. The van der Waals surface area contributed by atoms with Crippen molar-refractivity contribution in [2.75, 3.05) is 19.8 Å². The number of alkyl halides is 4. The lowest BCUT2D eigenvalue weighted by molar-refractivity contribution is -0.397.